The predicted octanol–water partition coefficient (Wildman–Crippen LogP) is 4.18. The van der Waals surface area contributed by atoms with Gasteiger partial charge in [0.25, 0.3) is 0 Å². The lowest BCUT2D eigenvalue weighted by Crippen LogP contribution is -1.87. The van der Waals surface area contributed by atoms with E-state index in [0.717, 1.165) is 21.0 Å². The zero-order chi connectivity index (χ0) is 13.7. The van der Waals surface area contributed by atoms with Gasteiger partial charge in [0.2, 0.25) is 0 Å². The number of aliphatic carboxylic acids is 1. The fourth-order valence-electron chi connectivity index (χ4n) is 1.49. The highest BCUT2D eigenvalue weighted by Crippen LogP contribution is 2.23. The van der Waals surface area contributed by atoms with Crippen molar-refractivity contribution in [3.8, 4) is 11.5 Å². The molecular weight excluding hydrogens is 355 g/mol. The van der Waals surface area contributed by atoms with E-state index < -0.39 is 5.97 Å². The van der Waals surface area contributed by atoms with Gasteiger partial charge in [-0.2, -0.15) is 0 Å². The van der Waals surface area contributed by atoms with Gasteiger partial charge in [-0.05, 0) is 70.6 Å². The van der Waals surface area contributed by atoms with Gasteiger partial charge < -0.3 is 9.84 Å². The molecular formula is C15H11IO3. The predicted molar refractivity (Wildman–Crippen MR) is 82.3 cm³/mol. The first-order valence-corrected chi connectivity index (χ1v) is 6.66. The quantitative estimate of drug-likeness (QED) is 0.652. The summed E-state index contributed by atoms with van der Waals surface area (Å²) in [6, 6.07) is 15.0. The highest BCUT2D eigenvalue weighted by atomic mass is 127. The van der Waals surface area contributed by atoms with Crippen LogP contribution in [0.25, 0.3) is 6.08 Å². The summed E-state index contributed by atoms with van der Waals surface area (Å²) in [6.45, 7) is 0. The maximum atomic E-state index is 10.5. The second-order valence-electron chi connectivity index (χ2n) is 3.80. The van der Waals surface area contributed by atoms with Crippen LogP contribution in [0.15, 0.2) is 54.6 Å². The number of rotatable bonds is 4. The number of hydrogen-bond acceptors (Lipinski definition) is 2. The molecule has 0 aromatic heterocycles. The Kier molecular flexibility index (Phi) is 4.57. The molecule has 2 aromatic carbocycles. The lowest BCUT2D eigenvalue weighted by Gasteiger charge is -2.06. The Hall–Kier alpha value is -1.82. The summed E-state index contributed by atoms with van der Waals surface area (Å²) < 4.78 is 6.84. The second-order valence-corrected chi connectivity index (χ2v) is 5.05. The number of hydrogen-bond donors (Lipinski definition) is 1. The van der Waals surface area contributed by atoms with E-state index >= 15 is 0 Å². The van der Waals surface area contributed by atoms with Crippen LogP contribution in [0, 0.1) is 3.57 Å². The SMILES string of the molecule is O=C(O)C=Cc1cccc(Oc2ccc(I)cc2)c1. The molecule has 2 aromatic rings. The van der Waals surface area contributed by atoms with E-state index in [1.54, 1.807) is 6.07 Å². The van der Waals surface area contributed by atoms with Gasteiger partial charge in [-0.3, -0.25) is 0 Å². The van der Waals surface area contributed by atoms with Gasteiger partial charge in [0.05, 0.1) is 0 Å². The summed E-state index contributed by atoms with van der Waals surface area (Å²) in [7, 11) is 0. The van der Waals surface area contributed by atoms with E-state index in [-0.39, 0.29) is 0 Å². The summed E-state index contributed by atoms with van der Waals surface area (Å²) >= 11 is 2.23. The van der Waals surface area contributed by atoms with Gasteiger partial charge in [0, 0.05) is 9.65 Å². The first kappa shape index (κ1) is 13.6. The third-order valence-electron chi connectivity index (χ3n) is 2.33. The molecule has 1 N–H and O–H groups in total. The van der Waals surface area contributed by atoms with Crippen molar-refractivity contribution < 1.29 is 14.6 Å². The summed E-state index contributed by atoms with van der Waals surface area (Å²) in [4.78, 5) is 10.5. The Labute approximate surface area is 124 Å². The van der Waals surface area contributed by atoms with Gasteiger partial charge in [-0.15, -0.1) is 0 Å². The van der Waals surface area contributed by atoms with Crippen molar-refractivity contribution in [2.75, 3.05) is 0 Å². The van der Waals surface area contributed by atoms with Crippen molar-refractivity contribution in [1.29, 1.82) is 0 Å². The Morgan fingerprint density at radius 2 is 1.84 bits per heavy atom. The van der Waals surface area contributed by atoms with Gasteiger partial charge in [0.1, 0.15) is 11.5 Å². The summed E-state index contributed by atoms with van der Waals surface area (Å²) in [5.74, 6) is 0.456. The Bertz CT molecular complexity index is 603. The molecule has 0 aliphatic carbocycles. The van der Waals surface area contributed by atoms with E-state index in [1.807, 2.05) is 42.5 Å². The van der Waals surface area contributed by atoms with E-state index in [1.165, 1.54) is 6.08 Å². The van der Waals surface area contributed by atoms with E-state index in [0.29, 0.717) is 5.75 Å². The standard InChI is InChI=1S/C15H11IO3/c16-12-5-7-13(8-6-12)19-14-3-1-2-11(10-14)4-9-15(17)18/h1-10H,(H,17,18). The molecule has 0 aliphatic heterocycles. The van der Waals surface area contributed by atoms with Crippen molar-refractivity contribution in [1.82, 2.24) is 0 Å². The number of carboxylic acid groups (broad SMARTS) is 1. The van der Waals surface area contributed by atoms with Gasteiger partial charge >= 0.3 is 5.97 Å². The molecule has 2 rings (SSSR count). The van der Waals surface area contributed by atoms with E-state index in [2.05, 4.69) is 22.6 Å². The van der Waals surface area contributed by atoms with Crippen LogP contribution >= 0.6 is 22.6 Å². The third-order valence-corrected chi connectivity index (χ3v) is 3.04. The molecule has 3 nitrogen and oxygen atoms in total. The van der Waals surface area contributed by atoms with Crippen LogP contribution in [0.1, 0.15) is 5.56 Å². The fourth-order valence-corrected chi connectivity index (χ4v) is 1.85. The summed E-state index contributed by atoms with van der Waals surface area (Å²) in [5, 5.41) is 8.59. The number of ether oxygens (including phenoxy) is 1. The Balaban J connectivity index is 2.15. The van der Waals surface area contributed by atoms with Crippen molar-refractivity contribution in [3.05, 3.63) is 63.7 Å². The maximum Gasteiger partial charge on any atom is 0.328 e. The monoisotopic (exact) mass is 366 g/mol. The zero-order valence-electron chi connectivity index (χ0n) is 9.92. The molecule has 96 valence electrons. The molecule has 0 spiro atoms. The average Bonchev–Trinajstić information content (AvgIpc) is 2.40. The van der Waals surface area contributed by atoms with Gasteiger partial charge in [0.15, 0.2) is 0 Å². The molecule has 0 atom stereocenters. The van der Waals surface area contributed by atoms with Crippen LogP contribution in [-0.4, -0.2) is 11.1 Å². The molecule has 0 heterocycles. The molecule has 19 heavy (non-hydrogen) atoms. The lowest BCUT2D eigenvalue weighted by atomic mass is 10.2. The minimum Gasteiger partial charge on any atom is -0.478 e. The van der Waals surface area contributed by atoms with Crippen LogP contribution in [0.3, 0.4) is 0 Å². The fraction of sp³-hybridized carbons (Fsp3) is 0. The largest absolute Gasteiger partial charge is 0.478 e. The molecule has 0 bridgehead atoms. The smallest absolute Gasteiger partial charge is 0.328 e. The maximum absolute atomic E-state index is 10.5. The van der Waals surface area contributed by atoms with Crippen LogP contribution in [0.5, 0.6) is 11.5 Å². The number of benzene rings is 2. The highest BCUT2D eigenvalue weighted by Gasteiger charge is 1.98. The van der Waals surface area contributed by atoms with Crippen LogP contribution in [-0.2, 0) is 4.79 Å². The number of halogens is 1. The van der Waals surface area contributed by atoms with E-state index in [4.69, 9.17) is 9.84 Å². The first-order chi connectivity index (χ1) is 9.13. The number of carbonyl (C=O) groups is 1. The molecule has 0 saturated heterocycles. The van der Waals surface area contributed by atoms with Crippen LogP contribution in [0.4, 0.5) is 0 Å². The molecule has 0 fully saturated rings. The zero-order valence-corrected chi connectivity index (χ0v) is 12.1. The lowest BCUT2D eigenvalue weighted by molar-refractivity contribution is -0.131. The molecule has 0 radical (unpaired) electrons. The van der Waals surface area contributed by atoms with Crippen LogP contribution in [0.2, 0.25) is 0 Å². The third kappa shape index (κ3) is 4.40. The van der Waals surface area contributed by atoms with Crippen molar-refractivity contribution >= 4 is 34.6 Å². The van der Waals surface area contributed by atoms with Gasteiger partial charge in [-0.1, -0.05) is 12.1 Å². The van der Waals surface area contributed by atoms with Crippen molar-refractivity contribution in [2.24, 2.45) is 0 Å². The van der Waals surface area contributed by atoms with Crippen molar-refractivity contribution in [2.45, 2.75) is 0 Å². The van der Waals surface area contributed by atoms with Crippen molar-refractivity contribution in [3.63, 3.8) is 0 Å². The van der Waals surface area contributed by atoms with Crippen LogP contribution < -0.4 is 4.74 Å². The average molecular weight is 366 g/mol. The normalized spacial score (nSPS) is 10.6. The highest BCUT2D eigenvalue weighted by molar-refractivity contribution is 14.1. The Morgan fingerprint density at radius 1 is 1.11 bits per heavy atom. The molecule has 0 saturated carbocycles. The molecule has 0 amide bonds. The topological polar surface area (TPSA) is 46.5 Å². The summed E-state index contributed by atoms with van der Waals surface area (Å²) in [6.07, 6.45) is 2.63. The summed E-state index contributed by atoms with van der Waals surface area (Å²) in [5.41, 5.74) is 0.783. The second kappa shape index (κ2) is 6.38. The minimum atomic E-state index is -0.969. The molecule has 0 unspecified atom stereocenters. The first-order valence-electron chi connectivity index (χ1n) is 5.58. The molecule has 4 heteroatoms. The minimum absolute atomic E-state index is 0.675. The number of carboxylic acids is 1. The van der Waals surface area contributed by atoms with Gasteiger partial charge in [-0.25, -0.2) is 4.79 Å². The molecule has 0 aliphatic rings. The Morgan fingerprint density at radius 3 is 2.53 bits per heavy atom. The van der Waals surface area contributed by atoms with E-state index in [9.17, 15) is 4.79 Å².